The monoisotopic (exact) mass is 1260 g/mol. The lowest BCUT2D eigenvalue weighted by atomic mass is 9.82. The fourth-order valence-electron chi connectivity index (χ4n) is 12.1. The molecule has 2 fully saturated rings. The molecular formula is C66H95N5O15S2. The number of methoxy groups -OCH3 is 3. The Morgan fingerprint density at radius 2 is 1.52 bits per heavy atom. The van der Waals surface area contributed by atoms with Gasteiger partial charge in [-0.1, -0.05) is 89.9 Å². The van der Waals surface area contributed by atoms with Gasteiger partial charge in [-0.2, -0.15) is 0 Å². The van der Waals surface area contributed by atoms with Crippen molar-refractivity contribution >= 4 is 73.1 Å². The minimum atomic E-state index is -4.23. The standard InChI is InChI=1S/C66H95N5O15S2/c1-39-18-15-21-50(83-10)35-42(4)66(79,80)60(75)61(76)71-31-14-13-23-52(71)62(77)86-58(41(3)34-45-19-16-22-51(36-45)84-11)43(5)53(72)38-54(73)46(33-40(2)32-39)20-17-24-57(74)68-48-26-28-49(29-27-48)70-88(81,82)56-37-47(25-30-55(56)85-12)59-44(6)67-64(87-59)69-63(78)65(7,8)9/h25-30,33-34,37,39,42-43,45-46,50-53,58,70,72,79-80H,13-24,31-32,35-36,38H2,1-12H3,(H,68,74)(H,67,69,78)/b40-33+,41-34+/t39-,42-,43-,45+,46-,50-,51+,52+,53+,58-/m1/s1. The van der Waals surface area contributed by atoms with E-state index in [1.165, 1.54) is 50.7 Å². The van der Waals surface area contributed by atoms with E-state index < -0.39 is 81.0 Å². The van der Waals surface area contributed by atoms with Crippen LogP contribution in [0.4, 0.5) is 16.5 Å². The van der Waals surface area contributed by atoms with Crippen molar-refractivity contribution in [2.45, 2.75) is 206 Å². The summed E-state index contributed by atoms with van der Waals surface area (Å²) < 4.78 is 53.8. The van der Waals surface area contributed by atoms with Crippen molar-refractivity contribution in [3.05, 3.63) is 71.5 Å². The summed E-state index contributed by atoms with van der Waals surface area (Å²) in [4.78, 5) is 89.3. The van der Waals surface area contributed by atoms with Gasteiger partial charge in [0.25, 0.3) is 21.7 Å². The number of esters is 1. The van der Waals surface area contributed by atoms with Crippen LogP contribution in [-0.2, 0) is 53.0 Å². The fraction of sp³-hybridized carbons (Fsp3) is 0.621. The smallest absolute Gasteiger partial charge is 0.329 e. The molecule has 3 aliphatic rings. The summed E-state index contributed by atoms with van der Waals surface area (Å²) in [7, 11) is 0.329. The van der Waals surface area contributed by atoms with E-state index in [1.807, 2.05) is 26.0 Å². The quantitative estimate of drug-likeness (QED) is 0.0357. The summed E-state index contributed by atoms with van der Waals surface area (Å²) >= 11 is 1.23. The number of ether oxygens (including phenoxy) is 4. The molecule has 0 bridgehead atoms. The third kappa shape index (κ3) is 19.3. The van der Waals surface area contributed by atoms with Gasteiger partial charge in [0.1, 0.15) is 28.6 Å². The number of hydrogen-bond donors (Lipinski definition) is 6. The predicted octanol–water partition coefficient (Wildman–Crippen LogP) is 10.5. The highest BCUT2D eigenvalue weighted by Gasteiger charge is 2.48. The van der Waals surface area contributed by atoms with Gasteiger partial charge in [-0.05, 0) is 157 Å². The van der Waals surface area contributed by atoms with Crippen LogP contribution < -0.4 is 20.1 Å². The summed E-state index contributed by atoms with van der Waals surface area (Å²) in [5.74, 6) is -9.63. The van der Waals surface area contributed by atoms with E-state index in [1.54, 1.807) is 66.0 Å². The number of carbonyl (C=O) groups is 6. The van der Waals surface area contributed by atoms with Crippen LogP contribution in [0.25, 0.3) is 10.4 Å². The first-order valence-corrected chi connectivity index (χ1v) is 33.3. The number of carbonyl (C=O) groups excluding carboxylic acids is 6. The van der Waals surface area contributed by atoms with Crippen LogP contribution in [0, 0.1) is 41.9 Å². The van der Waals surface area contributed by atoms with Crippen molar-refractivity contribution in [3.63, 3.8) is 0 Å². The maximum absolute atomic E-state index is 14.6. The Kier molecular flexibility index (Phi) is 25.7. The second-order valence-corrected chi connectivity index (χ2v) is 28.3. The van der Waals surface area contributed by atoms with E-state index in [0.717, 1.165) is 42.6 Å². The summed E-state index contributed by atoms with van der Waals surface area (Å²) in [5.41, 5.74) is 2.73. The van der Waals surface area contributed by atoms with Crippen LogP contribution in [0.2, 0.25) is 0 Å². The Morgan fingerprint density at radius 3 is 2.18 bits per heavy atom. The predicted molar refractivity (Wildman–Crippen MR) is 339 cm³/mol. The van der Waals surface area contributed by atoms with Crippen LogP contribution in [0.3, 0.4) is 0 Å². The van der Waals surface area contributed by atoms with Crippen LogP contribution in [0.1, 0.15) is 164 Å². The summed E-state index contributed by atoms with van der Waals surface area (Å²) in [6, 6.07) is 9.71. The molecule has 22 heteroatoms. The molecule has 2 aliphatic heterocycles. The maximum atomic E-state index is 14.6. The third-order valence-corrected chi connectivity index (χ3v) is 20.0. The number of fused-ring (bicyclic) bond motifs is 1. The number of thiazole rings is 1. The molecule has 20 nitrogen and oxygen atoms in total. The number of rotatable bonds is 15. The number of aromatic nitrogens is 1. The number of anilines is 3. The third-order valence-electron chi connectivity index (χ3n) is 17.4. The molecule has 0 spiro atoms. The number of ketones is 2. The molecule has 0 unspecified atom stereocenters. The molecule has 1 saturated heterocycles. The highest BCUT2D eigenvalue weighted by Crippen LogP contribution is 2.39. The number of hydrogen-bond acceptors (Lipinski definition) is 17. The number of aryl methyl sites for hydroxylation is 1. The summed E-state index contributed by atoms with van der Waals surface area (Å²) in [6.07, 6.45) is 8.69. The van der Waals surface area contributed by atoms with Crippen LogP contribution in [0.15, 0.2) is 70.7 Å². The summed E-state index contributed by atoms with van der Waals surface area (Å²) in [6.45, 7) is 16.2. The molecule has 486 valence electrons. The van der Waals surface area contributed by atoms with Crippen LogP contribution in [0.5, 0.6) is 5.75 Å². The second-order valence-electron chi connectivity index (χ2n) is 25.7. The zero-order chi connectivity index (χ0) is 64.8. The van der Waals surface area contributed by atoms with Gasteiger partial charge in [0.15, 0.2) is 5.13 Å². The normalized spacial score (nSPS) is 26.9. The van der Waals surface area contributed by atoms with E-state index in [2.05, 4.69) is 27.3 Å². The van der Waals surface area contributed by atoms with E-state index in [0.29, 0.717) is 71.1 Å². The summed E-state index contributed by atoms with van der Waals surface area (Å²) in [5, 5.41) is 40.9. The highest BCUT2D eigenvalue weighted by molar-refractivity contribution is 7.92. The minimum Gasteiger partial charge on any atom is -0.495 e. The molecule has 6 rings (SSSR count). The van der Waals surface area contributed by atoms with E-state index >= 15 is 0 Å². The van der Waals surface area contributed by atoms with Crippen LogP contribution in [-0.4, -0.2) is 133 Å². The number of aliphatic hydroxyl groups excluding tert-OH is 1. The van der Waals surface area contributed by atoms with E-state index in [4.69, 9.17) is 18.9 Å². The number of nitrogens with one attached hydrogen (secondary N) is 3. The Morgan fingerprint density at radius 1 is 0.864 bits per heavy atom. The van der Waals surface area contributed by atoms with Crippen molar-refractivity contribution in [3.8, 4) is 16.2 Å². The lowest BCUT2D eigenvalue weighted by molar-refractivity contribution is -0.208. The van der Waals surface area contributed by atoms with Crippen molar-refractivity contribution in [2.24, 2.45) is 35.0 Å². The largest absolute Gasteiger partial charge is 0.495 e. The Hall–Kier alpha value is -5.88. The molecule has 88 heavy (non-hydrogen) atoms. The molecule has 3 aromatic rings. The molecule has 1 aromatic heterocycles. The number of amides is 3. The highest BCUT2D eigenvalue weighted by atomic mass is 32.2. The molecular weight excluding hydrogens is 1170 g/mol. The topological polar surface area (TPSA) is 286 Å². The number of benzene rings is 2. The Bertz CT molecular complexity index is 3100. The first-order valence-electron chi connectivity index (χ1n) is 31.0. The van der Waals surface area contributed by atoms with Crippen molar-refractivity contribution in [1.82, 2.24) is 9.88 Å². The van der Waals surface area contributed by atoms with Gasteiger partial charge in [-0.25, -0.2) is 18.2 Å². The SMILES string of the molecule is COc1ccc(-c2sc(NC(=O)C(C)(C)C)nc2C)cc1S(=O)(=O)Nc1ccc(NC(=O)CCC[C@@H]2/C=C(\C)C[C@H](C)CCC[C@@H](OC)C[C@@H](C)C(O)(O)C(=O)C(=O)N3CCCC[C@H]3C(=O)O[C@H](/C(C)=C/[C@@H]3CCC[C@H](OC)C3)[C@H](C)[C@@H](O)CC2=O)cc1. The zero-order valence-corrected chi connectivity index (χ0v) is 55.1. The van der Waals surface area contributed by atoms with Crippen molar-refractivity contribution in [1.29, 1.82) is 0 Å². The van der Waals surface area contributed by atoms with Crippen molar-refractivity contribution < 1.29 is 71.5 Å². The average Bonchev–Trinajstić information content (AvgIpc) is 1.89. The van der Waals surface area contributed by atoms with Gasteiger partial charge in [0, 0.05) is 68.1 Å². The number of cyclic esters (lactones) is 1. The van der Waals surface area contributed by atoms with Gasteiger partial charge in [-0.3, -0.25) is 28.7 Å². The van der Waals surface area contributed by atoms with Gasteiger partial charge < -0.3 is 49.8 Å². The molecule has 10 atom stereocenters. The number of allylic oxidation sites excluding steroid dienone is 3. The molecule has 3 amide bonds. The second kappa shape index (κ2) is 31.7. The van der Waals surface area contributed by atoms with Crippen LogP contribution >= 0.6 is 11.3 Å². The first-order chi connectivity index (χ1) is 41.4. The van der Waals surface area contributed by atoms with E-state index in [9.17, 15) is 52.5 Å². The number of Topliss-reactive ketones (excluding diaryl/α,β-unsaturated/α-hetero) is 2. The van der Waals surface area contributed by atoms with Gasteiger partial charge >= 0.3 is 5.97 Å². The number of piperidine rings is 1. The number of nitrogens with zero attached hydrogens (tertiary/aromatic N) is 2. The van der Waals surface area contributed by atoms with Gasteiger partial charge in [-0.15, -0.1) is 0 Å². The molecule has 3 heterocycles. The van der Waals surface area contributed by atoms with E-state index in [-0.39, 0.29) is 90.5 Å². The average molecular weight is 1260 g/mol. The minimum absolute atomic E-state index is 0.00397. The Balaban J connectivity index is 1.19. The lowest BCUT2D eigenvalue weighted by Crippen LogP contribution is -2.58. The number of sulfonamides is 1. The van der Waals surface area contributed by atoms with Crippen molar-refractivity contribution in [2.75, 3.05) is 43.2 Å². The molecule has 2 aromatic carbocycles. The molecule has 6 N–H and O–H groups in total. The van der Waals surface area contributed by atoms with Gasteiger partial charge in [0.2, 0.25) is 17.6 Å². The maximum Gasteiger partial charge on any atom is 0.329 e. The Labute approximate surface area is 524 Å². The molecule has 1 saturated carbocycles. The zero-order valence-electron chi connectivity index (χ0n) is 53.4. The lowest BCUT2D eigenvalue weighted by Gasteiger charge is -2.38. The molecule has 0 radical (unpaired) electrons. The fourth-order valence-corrected chi connectivity index (χ4v) is 14.3. The number of aliphatic hydroxyl groups is 3. The molecule has 1 aliphatic carbocycles. The first kappa shape index (κ1) is 71.2. The van der Waals surface area contributed by atoms with Gasteiger partial charge in [0.05, 0.1) is 36.0 Å².